The van der Waals surface area contributed by atoms with Crippen molar-refractivity contribution in [2.45, 2.75) is 31.6 Å². The second kappa shape index (κ2) is 8.38. The second-order valence-corrected chi connectivity index (χ2v) is 6.64. The van der Waals surface area contributed by atoms with E-state index in [9.17, 15) is 28.1 Å². The lowest BCUT2D eigenvalue weighted by Gasteiger charge is -2.11. The van der Waals surface area contributed by atoms with E-state index in [1.165, 1.54) is 36.4 Å². The highest BCUT2D eigenvalue weighted by Crippen LogP contribution is 2.31. The Morgan fingerprint density at radius 3 is 2.62 bits per heavy atom. The van der Waals surface area contributed by atoms with Crippen LogP contribution in [-0.2, 0) is 6.54 Å². The molecular weight excluding hydrogens is 391 g/mol. The minimum absolute atomic E-state index is 0.0257. The minimum Gasteiger partial charge on any atom is -0.484 e. The van der Waals surface area contributed by atoms with E-state index >= 15 is 0 Å². The van der Waals surface area contributed by atoms with Crippen LogP contribution in [-0.4, -0.2) is 29.7 Å². The van der Waals surface area contributed by atoms with E-state index in [0.717, 1.165) is 12.8 Å². The first-order valence-electron chi connectivity index (χ1n) is 8.83. The molecule has 2 aromatic carbocycles. The normalized spacial score (nSPS) is 13.6. The molecule has 10 heteroatoms. The number of nitro groups is 1. The number of anilines is 1. The predicted molar refractivity (Wildman–Crippen MR) is 98.9 cm³/mol. The van der Waals surface area contributed by atoms with Crippen LogP contribution < -0.4 is 15.4 Å². The van der Waals surface area contributed by atoms with E-state index in [1.807, 2.05) is 0 Å². The highest BCUT2D eigenvalue weighted by Gasteiger charge is 2.28. The number of benzene rings is 2. The third-order valence-electron chi connectivity index (χ3n) is 4.15. The molecule has 0 aliphatic heterocycles. The Morgan fingerprint density at radius 2 is 1.97 bits per heavy atom. The molecule has 1 aliphatic rings. The van der Waals surface area contributed by atoms with Crippen molar-refractivity contribution in [1.29, 1.82) is 0 Å². The van der Waals surface area contributed by atoms with Crippen molar-refractivity contribution in [1.82, 2.24) is 5.32 Å². The SMILES string of the molecule is O=C(NCc1cccc(OCC(F)(F)F)c1)c1ccc(NC2CC2)c([N+](=O)[O-])c1. The van der Waals surface area contributed by atoms with Crippen LogP contribution in [0.5, 0.6) is 5.75 Å². The van der Waals surface area contributed by atoms with E-state index in [2.05, 4.69) is 15.4 Å². The summed E-state index contributed by atoms with van der Waals surface area (Å²) in [6.07, 6.45) is -2.55. The number of carbonyl (C=O) groups is 1. The number of amides is 1. The standard InChI is InChI=1S/C19H18F3N3O4/c20-19(21,22)11-29-15-3-1-2-12(8-15)10-23-18(26)13-4-7-16(24-14-5-6-14)17(9-13)25(27)28/h1-4,7-9,14,24H,5-6,10-11H2,(H,23,26). The minimum atomic E-state index is -4.44. The van der Waals surface area contributed by atoms with Gasteiger partial charge in [0.2, 0.25) is 0 Å². The third-order valence-corrected chi connectivity index (χ3v) is 4.15. The van der Waals surface area contributed by atoms with Crippen molar-refractivity contribution < 1.29 is 27.6 Å². The van der Waals surface area contributed by atoms with Crippen LogP contribution in [0.25, 0.3) is 0 Å². The maximum absolute atomic E-state index is 12.3. The van der Waals surface area contributed by atoms with Crippen molar-refractivity contribution in [3.63, 3.8) is 0 Å². The molecular formula is C19H18F3N3O4. The number of rotatable bonds is 8. The van der Waals surface area contributed by atoms with Crippen LogP contribution in [0.1, 0.15) is 28.8 Å². The van der Waals surface area contributed by atoms with Crippen LogP contribution in [0.4, 0.5) is 24.5 Å². The molecule has 0 bridgehead atoms. The number of nitrogens with one attached hydrogen (secondary N) is 2. The number of alkyl halides is 3. The summed E-state index contributed by atoms with van der Waals surface area (Å²) in [5.41, 5.74) is 0.817. The fourth-order valence-corrected chi connectivity index (χ4v) is 2.59. The van der Waals surface area contributed by atoms with E-state index in [-0.39, 0.29) is 29.6 Å². The fourth-order valence-electron chi connectivity index (χ4n) is 2.59. The van der Waals surface area contributed by atoms with Crippen molar-refractivity contribution >= 4 is 17.3 Å². The van der Waals surface area contributed by atoms with Gasteiger partial charge in [0.15, 0.2) is 6.61 Å². The summed E-state index contributed by atoms with van der Waals surface area (Å²) in [6.45, 7) is -1.38. The van der Waals surface area contributed by atoms with Gasteiger partial charge in [-0.3, -0.25) is 14.9 Å². The first-order chi connectivity index (χ1) is 13.7. The summed E-state index contributed by atoms with van der Waals surface area (Å²) in [6, 6.07) is 10.3. The van der Waals surface area contributed by atoms with Gasteiger partial charge in [-0.2, -0.15) is 13.2 Å². The van der Waals surface area contributed by atoms with Crippen molar-refractivity contribution in [2.24, 2.45) is 0 Å². The molecule has 7 nitrogen and oxygen atoms in total. The van der Waals surface area contributed by atoms with Crippen LogP contribution in [0.15, 0.2) is 42.5 Å². The Labute approximate surface area is 164 Å². The Bertz CT molecular complexity index is 914. The molecule has 0 saturated heterocycles. The summed E-state index contributed by atoms with van der Waals surface area (Å²) < 4.78 is 41.4. The summed E-state index contributed by atoms with van der Waals surface area (Å²) >= 11 is 0. The zero-order chi connectivity index (χ0) is 21.0. The van der Waals surface area contributed by atoms with Crippen molar-refractivity contribution in [2.75, 3.05) is 11.9 Å². The number of carbonyl (C=O) groups excluding carboxylic acids is 1. The van der Waals surface area contributed by atoms with E-state index < -0.39 is 23.6 Å². The van der Waals surface area contributed by atoms with Gasteiger partial charge in [-0.25, -0.2) is 0 Å². The highest BCUT2D eigenvalue weighted by molar-refractivity contribution is 5.95. The molecule has 0 unspecified atom stereocenters. The van der Waals surface area contributed by atoms with Crippen LogP contribution >= 0.6 is 0 Å². The van der Waals surface area contributed by atoms with Gasteiger partial charge < -0.3 is 15.4 Å². The van der Waals surface area contributed by atoms with Gasteiger partial charge in [0.05, 0.1) is 4.92 Å². The van der Waals surface area contributed by atoms with Gasteiger partial charge in [-0.15, -0.1) is 0 Å². The lowest BCUT2D eigenvalue weighted by atomic mass is 10.1. The molecule has 0 spiro atoms. The number of hydrogen-bond acceptors (Lipinski definition) is 5. The molecule has 1 amide bonds. The lowest BCUT2D eigenvalue weighted by Crippen LogP contribution is -2.23. The largest absolute Gasteiger partial charge is 0.484 e. The average Bonchev–Trinajstić information content (AvgIpc) is 3.48. The smallest absolute Gasteiger partial charge is 0.422 e. The van der Waals surface area contributed by atoms with Crippen molar-refractivity contribution in [3.05, 3.63) is 63.7 Å². The summed E-state index contributed by atoms with van der Waals surface area (Å²) in [5.74, 6) is -0.507. The molecule has 1 fully saturated rings. The van der Waals surface area contributed by atoms with Crippen molar-refractivity contribution in [3.8, 4) is 5.75 Å². The molecule has 0 aromatic heterocycles. The molecule has 0 atom stereocenters. The van der Waals surface area contributed by atoms with Gasteiger partial charge in [0.25, 0.3) is 11.6 Å². The molecule has 29 heavy (non-hydrogen) atoms. The number of nitrogens with zero attached hydrogens (tertiary/aromatic N) is 1. The average molecular weight is 409 g/mol. The predicted octanol–water partition coefficient (Wildman–Crippen LogP) is 4.04. The molecule has 3 rings (SSSR count). The Balaban J connectivity index is 1.63. The molecule has 2 N–H and O–H groups in total. The first-order valence-corrected chi connectivity index (χ1v) is 8.83. The molecule has 154 valence electrons. The zero-order valence-corrected chi connectivity index (χ0v) is 15.2. The van der Waals surface area contributed by atoms with Gasteiger partial charge in [-0.05, 0) is 42.7 Å². The van der Waals surface area contributed by atoms with Crippen LogP contribution in [0.2, 0.25) is 0 Å². The van der Waals surface area contributed by atoms with E-state index in [1.54, 1.807) is 6.07 Å². The molecule has 1 aliphatic carbocycles. The number of halogens is 3. The summed E-state index contributed by atoms with van der Waals surface area (Å²) in [4.78, 5) is 23.1. The number of nitro benzene ring substituents is 1. The van der Waals surface area contributed by atoms with E-state index in [0.29, 0.717) is 11.3 Å². The third kappa shape index (κ3) is 6.09. The maximum Gasteiger partial charge on any atom is 0.422 e. The lowest BCUT2D eigenvalue weighted by molar-refractivity contribution is -0.384. The monoisotopic (exact) mass is 409 g/mol. The van der Waals surface area contributed by atoms with Gasteiger partial charge in [0, 0.05) is 24.2 Å². The van der Waals surface area contributed by atoms with Crippen LogP contribution in [0.3, 0.4) is 0 Å². The van der Waals surface area contributed by atoms with Gasteiger partial charge in [0.1, 0.15) is 11.4 Å². The zero-order valence-electron chi connectivity index (χ0n) is 15.2. The first kappa shape index (κ1) is 20.4. The summed E-state index contributed by atoms with van der Waals surface area (Å²) in [5, 5.41) is 16.9. The number of hydrogen-bond donors (Lipinski definition) is 2. The van der Waals surface area contributed by atoms with Gasteiger partial charge in [-0.1, -0.05) is 12.1 Å². The Morgan fingerprint density at radius 1 is 1.21 bits per heavy atom. The Hall–Kier alpha value is -3.30. The molecule has 0 heterocycles. The topological polar surface area (TPSA) is 93.5 Å². The molecule has 1 saturated carbocycles. The quantitative estimate of drug-likeness (QED) is 0.507. The Kier molecular flexibility index (Phi) is 5.90. The second-order valence-electron chi connectivity index (χ2n) is 6.64. The van der Waals surface area contributed by atoms with Crippen LogP contribution in [0, 0.1) is 10.1 Å². The highest BCUT2D eigenvalue weighted by atomic mass is 19.4. The van der Waals surface area contributed by atoms with E-state index in [4.69, 9.17) is 0 Å². The fraction of sp³-hybridized carbons (Fsp3) is 0.316. The summed E-state index contributed by atoms with van der Waals surface area (Å²) in [7, 11) is 0. The molecule has 2 aromatic rings. The van der Waals surface area contributed by atoms with Gasteiger partial charge >= 0.3 is 6.18 Å². The number of ether oxygens (including phenoxy) is 1. The molecule has 0 radical (unpaired) electrons. The maximum atomic E-state index is 12.3.